The van der Waals surface area contributed by atoms with Crippen LogP contribution in [-0.2, 0) is 14.3 Å². The summed E-state index contributed by atoms with van der Waals surface area (Å²) in [5.74, 6) is -1.17. The minimum Gasteiger partial charge on any atom is -0.448 e. The topological polar surface area (TPSA) is 102 Å². The third-order valence-corrected chi connectivity index (χ3v) is 5.67. The number of hydrogen-bond acceptors (Lipinski definition) is 6. The maximum Gasteiger partial charge on any atom is 0.360 e. The number of amides is 2. The summed E-state index contributed by atoms with van der Waals surface area (Å²) in [7, 11) is 0. The smallest absolute Gasteiger partial charge is 0.360 e. The van der Waals surface area contributed by atoms with Crippen LogP contribution in [0.25, 0.3) is 16.5 Å². The van der Waals surface area contributed by atoms with Gasteiger partial charge in [0.2, 0.25) is 5.91 Å². The van der Waals surface area contributed by atoms with E-state index < -0.39 is 12.1 Å². The molecule has 1 aromatic heterocycles. The van der Waals surface area contributed by atoms with Gasteiger partial charge in [0.1, 0.15) is 0 Å². The normalized spacial score (nSPS) is 14.7. The highest BCUT2D eigenvalue weighted by Gasteiger charge is 2.29. The molecule has 1 unspecified atom stereocenters. The van der Waals surface area contributed by atoms with E-state index in [1.165, 1.54) is 13.8 Å². The van der Waals surface area contributed by atoms with Gasteiger partial charge in [-0.1, -0.05) is 36.4 Å². The van der Waals surface area contributed by atoms with Crippen LogP contribution in [-0.4, -0.2) is 69.6 Å². The molecule has 2 amide bonds. The number of nitrogens with zero attached hydrogens (tertiary/aromatic N) is 4. The van der Waals surface area contributed by atoms with E-state index in [4.69, 9.17) is 4.74 Å². The predicted molar refractivity (Wildman–Crippen MR) is 121 cm³/mol. The molecule has 2 heterocycles. The van der Waals surface area contributed by atoms with Crippen LogP contribution in [0.3, 0.4) is 0 Å². The Morgan fingerprint density at radius 1 is 0.879 bits per heavy atom. The number of carbonyl (C=O) groups is 3. The van der Waals surface area contributed by atoms with Crippen LogP contribution in [0.15, 0.2) is 59.4 Å². The summed E-state index contributed by atoms with van der Waals surface area (Å²) < 4.78 is 6.64. The van der Waals surface area contributed by atoms with E-state index in [1.54, 1.807) is 58.3 Å². The molecular weight excluding hydrogens is 424 g/mol. The van der Waals surface area contributed by atoms with Crippen LogP contribution in [0, 0.1) is 0 Å². The van der Waals surface area contributed by atoms with Crippen molar-refractivity contribution in [1.82, 2.24) is 19.6 Å². The Hall–Kier alpha value is -4.01. The lowest BCUT2D eigenvalue weighted by Gasteiger charge is -2.35. The van der Waals surface area contributed by atoms with Crippen molar-refractivity contribution in [3.8, 4) is 5.69 Å². The SMILES string of the molecule is CC(=O)N1CCN(C(=O)C(C)OC(=O)c2nn(-c3ccccc3)c(=O)c3ccccc23)CC1. The molecular formula is C24H24N4O5. The van der Waals surface area contributed by atoms with Gasteiger partial charge in [0.25, 0.3) is 11.5 Å². The van der Waals surface area contributed by atoms with Crippen LogP contribution >= 0.6 is 0 Å². The number of rotatable bonds is 4. The quantitative estimate of drug-likeness (QED) is 0.562. The molecule has 0 radical (unpaired) electrons. The average molecular weight is 448 g/mol. The van der Waals surface area contributed by atoms with Crippen molar-refractivity contribution < 1.29 is 19.1 Å². The molecule has 9 heteroatoms. The Morgan fingerprint density at radius 3 is 2.09 bits per heavy atom. The largest absolute Gasteiger partial charge is 0.448 e. The molecule has 1 aliphatic rings. The van der Waals surface area contributed by atoms with Gasteiger partial charge >= 0.3 is 5.97 Å². The number of benzene rings is 2. The molecule has 3 aromatic rings. The zero-order valence-corrected chi connectivity index (χ0v) is 18.4. The van der Waals surface area contributed by atoms with Gasteiger partial charge < -0.3 is 14.5 Å². The Balaban J connectivity index is 1.59. The molecule has 1 aliphatic heterocycles. The molecule has 1 atom stereocenters. The fourth-order valence-electron chi connectivity index (χ4n) is 3.85. The van der Waals surface area contributed by atoms with Gasteiger partial charge in [-0.3, -0.25) is 14.4 Å². The van der Waals surface area contributed by atoms with Gasteiger partial charge in [-0.15, -0.1) is 0 Å². The monoisotopic (exact) mass is 448 g/mol. The van der Waals surface area contributed by atoms with Gasteiger partial charge in [-0.25, -0.2) is 4.79 Å². The number of piperazine rings is 1. The van der Waals surface area contributed by atoms with Crippen LogP contribution in [0.1, 0.15) is 24.3 Å². The number of hydrogen-bond donors (Lipinski definition) is 0. The van der Waals surface area contributed by atoms with Crippen LogP contribution in [0.5, 0.6) is 0 Å². The summed E-state index contributed by atoms with van der Waals surface area (Å²) in [5, 5.41) is 4.96. The second kappa shape index (κ2) is 9.23. The van der Waals surface area contributed by atoms with Gasteiger partial charge in [-0.2, -0.15) is 9.78 Å². The van der Waals surface area contributed by atoms with E-state index in [0.717, 1.165) is 4.68 Å². The molecule has 0 bridgehead atoms. The molecule has 2 aromatic carbocycles. The summed E-state index contributed by atoms with van der Waals surface area (Å²) in [6.07, 6.45) is -1.04. The van der Waals surface area contributed by atoms with Crippen molar-refractivity contribution >= 4 is 28.6 Å². The van der Waals surface area contributed by atoms with E-state index in [-0.39, 0.29) is 23.1 Å². The standard InChI is InChI=1S/C24H24N4O5/c1-16(22(30)27-14-12-26(13-15-27)17(2)29)33-24(32)21-19-10-6-7-11-20(19)23(31)28(25-21)18-8-4-3-5-9-18/h3-11,16H,12-15H2,1-2H3. The minimum atomic E-state index is -1.04. The van der Waals surface area contributed by atoms with Crippen molar-refractivity contribution in [3.05, 3.63) is 70.6 Å². The zero-order valence-electron chi connectivity index (χ0n) is 18.4. The lowest BCUT2D eigenvalue weighted by Crippen LogP contribution is -2.52. The number of ether oxygens (including phenoxy) is 1. The van der Waals surface area contributed by atoms with Crippen molar-refractivity contribution in [1.29, 1.82) is 0 Å². The Labute approximate surface area is 190 Å². The Bertz CT molecular complexity index is 1260. The molecule has 0 N–H and O–H groups in total. The summed E-state index contributed by atoms with van der Waals surface area (Å²) in [6, 6.07) is 15.4. The lowest BCUT2D eigenvalue weighted by atomic mass is 10.1. The fraction of sp³-hybridized carbons (Fsp3) is 0.292. The maximum absolute atomic E-state index is 13.1. The second-order valence-electron chi connectivity index (χ2n) is 7.83. The molecule has 170 valence electrons. The minimum absolute atomic E-state index is 0.0342. The average Bonchev–Trinajstić information content (AvgIpc) is 2.84. The molecule has 1 saturated heterocycles. The van der Waals surface area contributed by atoms with Crippen LogP contribution in [0.4, 0.5) is 0 Å². The summed E-state index contributed by atoms with van der Waals surface area (Å²) >= 11 is 0. The molecule has 9 nitrogen and oxygen atoms in total. The van der Waals surface area contributed by atoms with Gasteiger partial charge in [0.15, 0.2) is 11.8 Å². The van der Waals surface area contributed by atoms with Crippen molar-refractivity contribution in [3.63, 3.8) is 0 Å². The molecule has 0 aliphatic carbocycles. The molecule has 0 spiro atoms. The zero-order chi connectivity index (χ0) is 23.5. The van der Waals surface area contributed by atoms with Crippen LogP contribution < -0.4 is 5.56 Å². The Kier molecular flexibility index (Phi) is 6.21. The van der Waals surface area contributed by atoms with E-state index >= 15 is 0 Å². The first-order chi connectivity index (χ1) is 15.9. The van der Waals surface area contributed by atoms with E-state index in [1.807, 2.05) is 6.07 Å². The molecule has 0 saturated carbocycles. The summed E-state index contributed by atoms with van der Waals surface area (Å²) in [4.78, 5) is 53.6. The highest BCUT2D eigenvalue weighted by molar-refractivity contribution is 6.03. The van der Waals surface area contributed by atoms with Gasteiger partial charge in [-0.05, 0) is 25.1 Å². The van der Waals surface area contributed by atoms with Crippen molar-refractivity contribution in [2.24, 2.45) is 0 Å². The Morgan fingerprint density at radius 2 is 1.45 bits per heavy atom. The molecule has 1 fully saturated rings. The molecule has 33 heavy (non-hydrogen) atoms. The third-order valence-electron chi connectivity index (χ3n) is 5.67. The van der Waals surface area contributed by atoms with E-state index in [0.29, 0.717) is 42.6 Å². The van der Waals surface area contributed by atoms with Crippen molar-refractivity contribution in [2.45, 2.75) is 20.0 Å². The number of esters is 1. The third kappa shape index (κ3) is 4.48. The fourth-order valence-corrected chi connectivity index (χ4v) is 3.85. The summed E-state index contributed by atoms with van der Waals surface area (Å²) in [6.45, 7) is 4.63. The number of para-hydroxylation sites is 1. The number of fused-ring (bicyclic) bond motifs is 1. The maximum atomic E-state index is 13.1. The number of carbonyl (C=O) groups excluding carboxylic acids is 3. The second-order valence-corrected chi connectivity index (χ2v) is 7.83. The highest BCUT2D eigenvalue weighted by Crippen LogP contribution is 2.17. The first kappa shape index (κ1) is 22.2. The van der Waals surface area contributed by atoms with Crippen LogP contribution in [0.2, 0.25) is 0 Å². The van der Waals surface area contributed by atoms with Gasteiger partial charge in [0, 0.05) is 38.5 Å². The van der Waals surface area contributed by atoms with Crippen molar-refractivity contribution in [2.75, 3.05) is 26.2 Å². The van der Waals surface area contributed by atoms with E-state index in [2.05, 4.69) is 5.10 Å². The van der Waals surface area contributed by atoms with E-state index in [9.17, 15) is 19.2 Å². The first-order valence-corrected chi connectivity index (χ1v) is 10.7. The predicted octanol–water partition coefficient (Wildman–Crippen LogP) is 1.62. The van der Waals surface area contributed by atoms with Gasteiger partial charge in [0.05, 0.1) is 11.1 Å². The molecule has 4 rings (SSSR count). The first-order valence-electron chi connectivity index (χ1n) is 10.7. The highest BCUT2D eigenvalue weighted by atomic mass is 16.5. The number of aromatic nitrogens is 2. The lowest BCUT2D eigenvalue weighted by molar-refractivity contribution is -0.144. The summed E-state index contributed by atoms with van der Waals surface area (Å²) in [5.41, 5.74) is 0.102.